The van der Waals surface area contributed by atoms with E-state index in [0.717, 1.165) is 88.4 Å². The molecule has 214 valence electrons. The summed E-state index contributed by atoms with van der Waals surface area (Å²) in [4.78, 5) is 0. The zero-order chi connectivity index (χ0) is 30.6. The number of benzene rings is 7. The molecule has 46 heavy (non-hydrogen) atoms. The second-order valence-electron chi connectivity index (χ2n) is 11.6. The van der Waals surface area contributed by atoms with Gasteiger partial charge in [0.2, 0.25) is 0 Å². The topological polar surface area (TPSA) is 50.1 Å². The second-order valence-corrected chi connectivity index (χ2v) is 11.6. The van der Waals surface area contributed by atoms with E-state index in [1.165, 1.54) is 0 Å². The summed E-state index contributed by atoms with van der Waals surface area (Å²) in [5, 5.41) is 14.1. The largest absolute Gasteiger partial charge is 0.456 e. The third-order valence-corrected chi connectivity index (χ3v) is 8.91. The zero-order valence-electron chi connectivity index (χ0n) is 24.7. The number of para-hydroxylation sites is 2. The van der Waals surface area contributed by atoms with Crippen LogP contribution in [0.3, 0.4) is 0 Å². The molecule has 0 radical (unpaired) electrons. The maximum Gasteiger partial charge on any atom is 0.136 e. The average Bonchev–Trinajstić information content (AvgIpc) is 3.69. The lowest BCUT2D eigenvalue weighted by Gasteiger charge is -2.20. The van der Waals surface area contributed by atoms with E-state index in [2.05, 4.69) is 109 Å². The summed E-state index contributed by atoms with van der Waals surface area (Å²) < 4.78 is 12.6. The number of nitriles is 1. The Kier molecular flexibility index (Phi) is 5.88. The molecule has 3 nitrogen and oxygen atoms in total. The van der Waals surface area contributed by atoms with Crippen molar-refractivity contribution in [3.8, 4) is 50.6 Å². The molecule has 0 fully saturated rings. The van der Waals surface area contributed by atoms with Crippen molar-refractivity contribution >= 4 is 43.9 Å². The Hall–Kier alpha value is -6.37. The molecule has 9 rings (SSSR count). The predicted octanol–water partition coefficient (Wildman–Crippen LogP) is 12.0. The Morgan fingerprint density at radius 1 is 0.391 bits per heavy atom. The van der Waals surface area contributed by atoms with Crippen molar-refractivity contribution < 1.29 is 8.83 Å². The van der Waals surface area contributed by atoms with Gasteiger partial charge in [0, 0.05) is 21.5 Å². The van der Waals surface area contributed by atoms with E-state index in [4.69, 9.17) is 8.83 Å². The molecule has 2 heterocycles. The summed E-state index contributed by atoms with van der Waals surface area (Å²) in [6, 6.07) is 54.5. The van der Waals surface area contributed by atoms with Crippen molar-refractivity contribution in [2.45, 2.75) is 0 Å². The number of furan rings is 2. The molecule has 7 aromatic carbocycles. The van der Waals surface area contributed by atoms with Gasteiger partial charge in [0.05, 0.1) is 11.6 Å². The highest BCUT2D eigenvalue weighted by Crippen LogP contribution is 2.47. The van der Waals surface area contributed by atoms with Crippen LogP contribution in [0.4, 0.5) is 0 Å². The third kappa shape index (κ3) is 4.13. The van der Waals surface area contributed by atoms with Gasteiger partial charge in [0.25, 0.3) is 0 Å². The summed E-state index contributed by atoms with van der Waals surface area (Å²) >= 11 is 0. The number of hydrogen-bond donors (Lipinski definition) is 0. The molecule has 0 amide bonds. The molecule has 3 heteroatoms. The molecule has 0 atom stereocenters. The van der Waals surface area contributed by atoms with Gasteiger partial charge in [-0.25, -0.2) is 0 Å². The van der Waals surface area contributed by atoms with Gasteiger partial charge in [0.15, 0.2) is 0 Å². The second kappa shape index (κ2) is 10.4. The highest BCUT2D eigenvalue weighted by Gasteiger charge is 2.21. The fourth-order valence-electron chi connectivity index (χ4n) is 6.83. The lowest BCUT2D eigenvalue weighted by molar-refractivity contribution is 0.668. The summed E-state index contributed by atoms with van der Waals surface area (Å²) in [6.45, 7) is 0. The minimum atomic E-state index is 0.627. The summed E-state index contributed by atoms with van der Waals surface area (Å²) in [5.74, 6) is 0. The number of nitrogens with zero attached hydrogens (tertiary/aromatic N) is 1. The van der Waals surface area contributed by atoms with Gasteiger partial charge in [-0.3, -0.25) is 0 Å². The maximum atomic E-state index is 9.76. The molecule has 0 saturated carbocycles. The van der Waals surface area contributed by atoms with Crippen LogP contribution >= 0.6 is 0 Å². The Morgan fingerprint density at radius 2 is 1.04 bits per heavy atom. The van der Waals surface area contributed by atoms with Gasteiger partial charge >= 0.3 is 0 Å². The number of rotatable bonds is 4. The molecule has 0 aliphatic rings. The minimum Gasteiger partial charge on any atom is -0.456 e. The Morgan fingerprint density at radius 3 is 1.89 bits per heavy atom. The molecule has 9 aromatic rings. The van der Waals surface area contributed by atoms with Gasteiger partial charge in [-0.1, -0.05) is 97.1 Å². The Labute approximate surface area is 265 Å². The maximum absolute atomic E-state index is 9.76. The zero-order valence-corrected chi connectivity index (χ0v) is 24.7. The van der Waals surface area contributed by atoms with Crippen LogP contribution in [0.1, 0.15) is 5.56 Å². The van der Waals surface area contributed by atoms with Crippen LogP contribution < -0.4 is 0 Å². The van der Waals surface area contributed by atoms with Crippen molar-refractivity contribution in [1.29, 1.82) is 5.26 Å². The molecule has 0 saturated heterocycles. The lowest BCUT2D eigenvalue weighted by atomic mass is 9.83. The van der Waals surface area contributed by atoms with Gasteiger partial charge in [-0.15, -0.1) is 0 Å². The molecule has 0 aliphatic heterocycles. The minimum absolute atomic E-state index is 0.627. The van der Waals surface area contributed by atoms with E-state index in [-0.39, 0.29) is 0 Å². The Bertz CT molecular complexity index is 2650. The van der Waals surface area contributed by atoms with Gasteiger partial charge < -0.3 is 8.83 Å². The number of fused-ring (bicyclic) bond motifs is 6. The molecule has 0 N–H and O–H groups in total. The fourth-order valence-corrected chi connectivity index (χ4v) is 6.83. The highest BCUT2D eigenvalue weighted by molar-refractivity contribution is 6.15. The van der Waals surface area contributed by atoms with E-state index in [1.54, 1.807) is 0 Å². The first-order valence-corrected chi connectivity index (χ1v) is 15.3. The molecule has 0 spiro atoms. The van der Waals surface area contributed by atoms with Gasteiger partial charge in [-0.05, 0) is 99.1 Å². The van der Waals surface area contributed by atoms with Gasteiger partial charge in [0.1, 0.15) is 22.3 Å². The first-order chi connectivity index (χ1) is 22.7. The quantitative estimate of drug-likeness (QED) is 0.206. The van der Waals surface area contributed by atoms with Crippen molar-refractivity contribution in [2.75, 3.05) is 0 Å². The predicted molar refractivity (Wildman–Crippen MR) is 187 cm³/mol. The van der Waals surface area contributed by atoms with E-state index in [9.17, 15) is 5.26 Å². The molecule has 0 aliphatic carbocycles. The van der Waals surface area contributed by atoms with Crippen LogP contribution in [0.5, 0.6) is 0 Å². The lowest BCUT2D eigenvalue weighted by Crippen LogP contribution is -1.94. The van der Waals surface area contributed by atoms with Crippen LogP contribution in [0.25, 0.3) is 88.4 Å². The van der Waals surface area contributed by atoms with E-state index in [1.807, 2.05) is 48.5 Å². The first kappa shape index (κ1) is 26.1. The van der Waals surface area contributed by atoms with Gasteiger partial charge in [-0.2, -0.15) is 5.26 Å². The van der Waals surface area contributed by atoms with Crippen LogP contribution in [-0.2, 0) is 0 Å². The molecular weight excluding hydrogens is 562 g/mol. The van der Waals surface area contributed by atoms with Crippen LogP contribution in [-0.4, -0.2) is 0 Å². The van der Waals surface area contributed by atoms with E-state index in [0.29, 0.717) is 5.56 Å². The summed E-state index contributed by atoms with van der Waals surface area (Å²) in [6.07, 6.45) is 0. The fraction of sp³-hybridized carbons (Fsp3) is 0. The summed E-state index contributed by atoms with van der Waals surface area (Å²) in [7, 11) is 0. The Balaban J connectivity index is 1.43. The van der Waals surface area contributed by atoms with Crippen molar-refractivity contribution in [1.82, 2.24) is 0 Å². The monoisotopic (exact) mass is 587 g/mol. The van der Waals surface area contributed by atoms with Crippen molar-refractivity contribution in [3.63, 3.8) is 0 Å². The smallest absolute Gasteiger partial charge is 0.136 e. The molecule has 0 bridgehead atoms. The summed E-state index contributed by atoms with van der Waals surface area (Å²) in [5.41, 5.74) is 12.7. The van der Waals surface area contributed by atoms with Crippen LogP contribution in [0.15, 0.2) is 160 Å². The normalized spacial score (nSPS) is 11.5. The SMILES string of the molecule is N#Cc1cccc(-c2cc(-c3ccc4oc5ccccc5c4c3)c(-c3ccccc3)c(-c3cccc4oc5ccccc5c34)c2)c1. The third-order valence-electron chi connectivity index (χ3n) is 8.91. The molecule has 2 aromatic heterocycles. The average molecular weight is 588 g/mol. The first-order valence-electron chi connectivity index (χ1n) is 15.3. The van der Waals surface area contributed by atoms with E-state index >= 15 is 0 Å². The van der Waals surface area contributed by atoms with Crippen molar-refractivity contribution in [2.24, 2.45) is 0 Å². The number of hydrogen-bond acceptors (Lipinski definition) is 3. The van der Waals surface area contributed by atoms with Crippen LogP contribution in [0.2, 0.25) is 0 Å². The van der Waals surface area contributed by atoms with E-state index < -0.39 is 0 Å². The highest BCUT2D eigenvalue weighted by atomic mass is 16.3. The van der Waals surface area contributed by atoms with Crippen LogP contribution in [0, 0.1) is 11.3 Å². The van der Waals surface area contributed by atoms with Crippen molar-refractivity contribution in [3.05, 3.63) is 157 Å². The molecule has 0 unspecified atom stereocenters. The standard InChI is InChI=1S/C43H25NO2/c44-26-27-10-8-13-29(22-27)31-24-35(30-20-21-40-36(23-30)32-14-4-6-17-38(32)45-40)42(28-11-2-1-3-12-28)37(25-31)33-16-9-19-41-43(33)34-15-5-7-18-39(34)46-41/h1-25H. The molecular formula is C43H25NO2.